The van der Waals surface area contributed by atoms with Gasteiger partial charge in [-0.1, -0.05) is 13.8 Å². The monoisotopic (exact) mass is 320 g/mol. The van der Waals surface area contributed by atoms with Crippen LogP contribution in [0.1, 0.15) is 25.6 Å². The summed E-state index contributed by atoms with van der Waals surface area (Å²) in [4.78, 5) is 28.1. The molecule has 0 saturated carbocycles. The first kappa shape index (κ1) is 16.2. The van der Waals surface area contributed by atoms with Gasteiger partial charge in [0, 0.05) is 24.8 Å². The maximum absolute atomic E-state index is 12.5. The van der Waals surface area contributed by atoms with Gasteiger partial charge >= 0.3 is 0 Å². The van der Waals surface area contributed by atoms with Crippen LogP contribution in [0.5, 0.6) is 0 Å². The zero-order valence-electron chi connectivity index (χ0n) is 12.9. The summed E-state index contributed by atoms with van der Waals surface area (Å²) in [6.45, 7) is 4.01. The van der Waals surface area contributed by atoms with Gasteiger partial charge in [0.15, 0.2) is 5.13 Å². The molecule has 2 aromatic rings. The molecule has 0 fully saturated rings. The molecule has 0 spiro atoms. The Bertz CT molecular complexity index is 634. The number of carbonyl (C=O) groups excluding carboxylic acids is 2. The zero-order chi connectivity index (χ0) is 16.1. The van der Waals surface area contributed by atoms with E-state index in [2.05, 4.69) is 15.6 Å². The SMILES string of the molecule is CNC(=O)Cc1csc(NC(=O)[C@@H](C(C)C)n2cccc2)n1. The summed E-state index contributed by atoms with van der Waals surface area (Å²) in [6.07, 6.45) is 3.97. The van der Waals surface area contributed by atoms with Crippen LogP contribution in [-0.4, -0.2) is 28.4 Å². The number of likely N-dealkylation sites (N-methyl/N-ethyl adjacent to an activating group) is 1. The summed E-state index contributed by atoms with van der Waals surface area (Å²) >= 11 is 1.32. The summed E-state index contributed by atoms with van der Waals surface area (Å²) in [5.74, 6) is -0.0553. The van der Waals surface area contributed by atoms with E-state index in [0.29, 0.717) is 10.8 Å². The quantitative estimate of drug-likeness (QED) is 0.855. The average Bonchev–Trinajstić information content (AvgIpc) is 3.11. The Hall–Kier alpha value is -2.15. The molecule has 0 aliphatic heterocycles. The number of aromatic nitrogens is 2. The number of nitrogens with one attached hydrogen (secondary N) is 2. The lowest BCUT2D eigenvalue weighted by molar-refractivity contribution is -0.121. The minimum Gasteiger partial charge on any atom is -0.359 e. The van der Waals surface area contributed by atoms with Crippen LogP contribution in [0.3, 0.4) is 0 Å². The predicted molar refractivity (Wildman–Crippen MR) is 86.8 cm³/mol. The van der Waals surface area contributed by atoms with Crippen molar-refractivity contribution in [2.45, 2.75) is 26.3 Å². The summed E-state index contributed by atoms with van der Waals surface area (Å²) in [6, 6.07) is 3.50. The van der Waals surface area contributed by atoms with Crippen LogP contribution < -0.4 is 10.6 Å². The van der Waals surface area contributed by atoms with Gasteiger partial charge in [0.25, 0.3) is 0 Å². The Morgan fingerprint density at radius 3 is 2.59 bits per heavy atom. The van der Waals surface area contributed by atoms with E-state index in [0.717, 1.165) is 0 Å². The fraction of sp³-hybridized carbons (Fsp3) is 0.400. The second-order valence-electron chi connectivity index (χ2n) is 5.30. The standard InChI is InChI=1S/C15H20N4O2S/c1-10(2)13(19-6-4-5-7-19)14(21)18-15-17-11(9-22-15)8-12(20)16-3/h4-7,9-10,13H,8H2,1-3H3,(H,16,20)(H,17,18,21)/t13-/m1/s1. The molecule has 2 aromatic heterocycles. The van der Waals surface area contributed by atoms with Gasteiger partial charge in [-0.05, 0) is 18.1 Å². The number of thiazole rings is 1. The number of hydrogen-bond donors (Lipinski definition) is 2. The highest BCUT2D eigenvalue weighted by atomic mass is 32.1. The lowest BCUT2D eigenvalue weighted by Gasteiger charge is -2.21. The molecule has 7 heteroatoms. The first-order valence-electron chi connectivity index (χ1n) is 7.09. The van der Waals surface area contributed by atoms with Gasteiger partial charge in [-0.3, -0.25) is 9.59 Å². The number of rotatable bonds is 6. The molecule has 0 aromatic carbocycles. The molecule has 0 aliphatic rings. The van der Waals surface area contributed by atoms with E-state index < -0.39 is 0 Å². The average molecular weight is 320 g/mol. The van der Waals surface area contributed by atoms with E-state index in [-0.39, 0.29) is 30.2 Å². The summed E-state index contributed by atoms with van der Waals surface area (Å²) in [7, 11) is 1.59. The van der Waals surface area contributed by atoms with Crippen molar-refractivity contribution in [1.29, 1.82) is 0 Å². The van der Waals surface area contributed by atoms with Crippen molar-refractivity contribution >= 4 is 28.3 Å². The fourth-order valence-electron chi connectivity index (χ4n) is 2.19. The third kappa shape index (κ3) is 3.94. The number of nitrogens with zero attached hydrogens (tertiary/aromatic N) is 2. The number of hydrogen-bond acceptors (Lipinski definition) is 4. The lowest BCUT2D eigenvalue weighted by atomic mass is 10.0. The van der Waals surface area contributed by atoms with Crippen LogP contribution in [0, 0.1) is 5.92 Å². The molecule has 0 unspecified atom stereocenters. The molecular weight excluding hydrogens is 300 g/mol. The van der Waals surface area contributed by atoms with Crippen molar-refractivity contribution in [3.8, 4) is 0 Å². The van der Waals surface area contributed by atoms with Gasteiger partial charge in [0.2, 0.25) is 11.8 Å². The van der Waals surface area contributed by atoms with Crippen LogP contribution >= 0.6 is 11.3 Å². The van der Waals surface area contributed by atoms with Gasteiger partial charge < -0.3 is 15.2 Å². The molecular formula is C15H20N4O2S. The van der Waals surface area contributed by atoms with Crippen molar-refractivity contribution in [1.82, 2.24) is 14.9 Å². The maximum Gasteiger partial charge on any atom is 0.249 e. The van der Waals surface area contributed by atoms with Gasteiger partial charge in [0.05, 0.1) is 12.1 Å². The normalized spacial score (nSPS) is 12.2. The van der Waals surface area contributed by atoms with Gasteiger partial charge in [-0.25, -0.2) is 4.98 Å². The number of carbonyl (C=O) groups is 2. The number of amides is 2. The molecule has 2 N–H and O–H groups in total. The summed E-state index contributed by atoms with van der Waals surface area (Å²) in [5, 5.41) is 7.69. The molecule has 0 aliphatic carbocycles. The van der Waals surface area contributed by atoms with Gasteiger partial charge in [0.1, 0.15) is 6.04 Å². The van der Waals surface area contributed by atoms with Crippen molar-refractivity contribution in [2.75, 3.05) is 12.4 Å². The zero-order valence-corrected chi connectivity index (χ0v) is 13.7. The smallest absolute Gasteiger partial charge is 0.249 e. The van der Waals surface area contributed by atoms with Crippen molar-refractivity contribution in [3.63, 3.8) is 0 Å². The Morgan fingerprint density at radius 1 is 1.32 bits per heavy atom. The third-order valence-electron chi connectivity index (χ3n) is 3.25. The predicted octanol–water partition coefficient (Wildman–Crippen LogP) is 2.07. The van der Waals surface area contributed by atoms with Gasteiger partial charge in [-0.2, -0.15) is 0 Å². The fourth-order valence-corrected chi connectivity index (χ4v) is 2.91. The molecule has 0 radical (unpaired) electrons. The lowest BCUT2D eigenvalue weighted by Crippen LogP contribution is -2.29. The summed E-state index contributed by atoms with van der Waals surface area (Å²) < 4.78 is 1.89. The molecule has 2 amide bonds. The Kier molecular flexibility index (Phi) is 5.32. The van der Waals surface area contributed by atoms with Crippen LogP contribution in [0.15, 0.2) is 29.9 Å². The minimum atomic E-state index is -0.290. The van der Waals surface area contributed by atoms with Crippen molar-refractivity contribution in [2.24, 2.45) is 5.92 Å². The Labute approximate surface area is 133 Å². The molecule has 22 heavy (non-hydrogen) atoms. The van der Waals surface area contributed by atoms with E-state index in [1.165, 1.54) is 11.3 Å². The van der Waals surface area contributed by atoms with E-state index in [1.807, 2.05) is 42.9 Å². The molecule has 2 rings (SSSR count). The van der Waals surface area contributed by atoms with Crippen molar-refractivity contribution in [3.05, 3.63) is 35.6 Å². The maximum atomic E-state index is 12.5. The Balaban J connectivity index is 2.06. The van der Waals surface area contributed by atoms with Crippen LogP contribution in [-0.2, 0) is 16.0 Å². The molecule has 2 heterocycles. The van der Waals surface area contributed by atoms with E-state index >= 15 is 0 Å². The van der Waals surface area contributed by atoms with Crippen LogP contribution in [0.2, 0.25) is 0 Å². The van der Waals surface area contributed by atoms with Crippen LogP contribution in [0.25, 0.3) is 0 Å². The van der Waals surface area contributed by atoms with Gasteiger partial charge in [-0.15, -0.1) is 11.3 Å². The second-order valence-corrected chi connectivity index (χ2v) is 6.16. The number of anilines is 1. The topological polar surface area (TPSA) is 76.0 Å². The first-order valence-corrected chi connectivity index (χ1v) is 7.97. The second kappa shape index (κ2) is 7.22. The summed E-state index contributed by atoms with van der Waals surface area (Å²) in [5.41, 5.74) is 0.654. The Morgan fingerprint density at radius 2 is 2.00 bits per heavy atom. The minimum absolute atomic E-state index is 0.101. The van der Waals surface area contributed by atoms with Crippen molar-refractivity contribution < 1.29 is 9.59 Å². The molecule has 1 atom stereocenters. The molecule has 6 nitrogen and oxygen atoms in total. The van der Waals surface area contributed by atoms with E-state index in [1.54, 1.807) is 12.4 Å². The van der Waals surface area contributed by atoms with E-state index in [9.17, 15) is 9.59 Å². The van der Waals surface area contributed by atoms with Crippen LogP contribution in [0.4, 0.5) is 5.13 Å². The first-order chi connectivity index (χ1) is 10.5. The highest BCUT2D eigenvalue weighted by Crippen LogP contribution is 2.22. The molecule has 0 saturated heterocycles. The third-order valence-corrected chi connectivity index (χ3v) is 4.06. The molecule has 118 valence electrons. The highest BCUT2D eigenvalue weighted by Gasteiger charge is 2.24. The molecule has 0 bridgehead atoms. The highest BCUT2D eigenvalue weighted by molar-refractivity contribution is 7.13. The van der Waals surface area contributed by atoms with E-state index in [4.69, 9.17) is 0 Å². The largest absolute Gasteiger partial charge is 0.359 e.